The molecule has 0 saturated carbocycles. The standard InChI is InChI=1S/C12H19NO4S/c1-4-13(9-11(3)17-18(14,15)16)12-7-5-6-10(2)8-12/h5-8,11H,4,9H2,1-3H3,(H,14,15,16). The SMILES string of the molecule is CCN(CC(C)OS(=O)(=O)O)c1cccc(C)c1. The zero-order valence-corrected chi connectivity index (χ0v) is 11.6. The van der Waals surface area contributed by atoms with Gasteiger partial charge < -0.3 is 4.90 Å². The summed E-state index contributed by atoms with van der Waals surface area (Å²) < 4.78 is 34.4. The van der Waals surface area contributed by atoms with Crippen LogP contribution >= 0.6 is 0 Å². The topological polar surface area (TPSA) is 66.8 Å². The van der Waals surface area contributed by atoms with Gasteiger partial charge in [0.15, 0.2) is 0 Å². The highest BCUT2D eigenvalue weighted by Gasteiger charge is 2.15. The smallest absolute Gasteiger partial charge is 0.369 e. The average molecular weight is 273 g/mol. The summed E-state index contributed by atoms with van der Waals surface area (Å²) in [6.07, 6.45) is -0.611. The summed E-state index contributed by atoms with van der Waals surface area (Å²) in [6.45, 7) is 6.69. The second kappa shape index (κ2) is 6.17. The van der Waals surface area contributed by atoms with E-state index in [2.05, 4.69) is 4.18 Å². The Balaban J connectivity index is 2.73. The summed E-state index contributed by atoms with van der Waals surface area (Å²) in [5.74, 6) is 0. The molecule has 1 rings (SSSR count). The predicted octanol–water partition coefficient (Wildman–Crippen LogP) is 2.03. The molecule has 102 valence electrons. The molecule has 18 heavy (non-hydrogen) atoms. The molecule has 6 heteroatoms. The first-order valence-corrected chi connectivity index (χ1v) is 7.15. The zero-order chi connectivity index (χ0) is 13.8. The fourth-order valence-electron chi connectivity index (χ4n) is 1.79. The van der Waals surface area contributed by atoms with Crippen molar-refractivity contribution in [2.24, 2.45) is 0 Å². The third-order valence-corrected chi connectivity index (χ3v) is 3.08. The first kappa shape index (κ1) is 14.9. The van der Waals surface area contributed by atoms with Crippen LogP contribution in [0, 0.1) is 6.92 Å². The lowest BCUT2D eigenvalue weighted by atomic mass is 10.2. The summed E-state index contributed by atoms with van der Waals surface area (Å²) in [5.41, 5.74) is 2.14. The highest BCUT2D eigenvalue weighted by molar-refractivity contribution is 7.80. The lowest BCUT2D eigenvalue weighted by molar-refractivity contribution is 0.201. The molecule has 1 aromatic carbocycles. The first-order valence-electron chi connectivity index (χ1n) is 5.79. The molecule has 0 aliphatic heterocycles. The van der Waals surface area contributed by atoms with Gasteiger partial charge in [-0.25, -0.2) is 4.18 Å². The van der Waals surface area contributed by atoms with Crippen molar-refractivity contribution in [3.05, 3.63) is 29.8 Å². The van der Waals surface area contributed by atoms with Crippen LogP contribution in [0.2, 0.25) is 0 Å². The number of nitrogens with zero attached hydrogens (tertiary/aromatic N) is 1. The molecule has 0 bridgehead atoms. The molecular formula is C12H19NO4S. The van der Waals surface area contributed by atoms with Gasteiger partial charge in [-0.2, -0.15) is 8.42 Å². The molecule has 1 N–H and O–H groups in total. The number of anilines is 1. The Bertz CT molecular complexity index is 487. The molecule has 0 aliphatic carbocycles. The van der Waals surface area contributed by atoms with Crippen molar-refractivity contribution in [1.82, 2.24) is 0 Å². The van der Waals surface area contributed by atoms with E-state index in [9.17, 15) is 8.42 Å². The number of hydrogen-bond donors (Lipinski definition) is 1. The number of likely N-dealkylation sites (N-methyl/N-ethyl adjacent to an activating group) is 1. The molecule has 0 radical (unpaired) electrons. The van der Waals surface area contributed by atoms with Gasteiger partial charge >= 0.3 is 10.4 Å². The van der Waals surface area contributed by atoms with Crippen LogP contribution in [-0.4, -0.2) is 32.2 Å². The van der Waals surface area contributed by atoms with E-state index in [-0.39, 0.29) is 0 Å². The zero-order valence-electron chi connectivity index (χ0n) is 10.8. The van der Waals surface area contributed by atoms with Crippen molar-refractivity contribution < 1.29 is 17.2 Å². The molecule has 1 unspecified atom stereocenters. The Kier molecular flexibility index (Phi) is 5.13. The summed E-state index contributed by atoms with van der Waals surface area (Å²) >= 11 is 0. The van der Waals surface area contributed by atoms with E-state index < -0.39 is 16.5 Å². The van der Waals surface area contributed by atoms with E-state index in [1.165, 1.54) is 0 Å². The van der Waals surface area contributed by atoms with Gasteiger partial charge in [-0.1, -0.05) is 12.1 Å². The van der Waals surface area contributed by atoms with Crippen LogP contribution in [0.25, 0.3) is 0 Å². The van der Waals surface area contributed by atoms with Crippen LogP contribution in [0.3, 0.4) is 0 Å². The summed E-state index contributed by atoms with van der Waals surface area (Å²) in [6, 6.07) is 7.91. The minimum Gasteiger partial charge on any atom is -0.369 e. The fourth-order valence-corrected chi connectivity index (χ4v) is 2.27. The predicted molar refractivity (Wildman–Crippen MR) is 71.2 cm³/mol. The van der Waals surface area contributed by atoms with Gasteiger partial charge in [0.25, 0.3) is 0 Å². The minimum absolute atomic E-state index is 0.389. The van der Waals surface area contributed by atoms with Crippen LogP contribution < -0.4 is 4.90 Å². The van der Waals surface area contributed by atoms with Gasteiger partial charge in [0.2, 0.25) is 0 Å². The normalized spacial score (nSPS) is 13.3. The monoisotopic (exact) mass is 273 g/mol. The quantitative estimate of drug-likeness (QED) is 0.803. The average Bonchev–Trinajstić information content (AvgIpc) is 2.23. The number of hydrogen-bond acceptors (Lipinski definition) is 4. The van der Waals surface area contributed by atoms with Gasteiger partial charge in [0.1, 0.15) is 0 Å². The Labute approximate surface area is 108 Å². The van der Waals surface area contributed by atoms with E-state index in [1.54, 1.807) is 6.92 Å². The molecule has 0 aromatic heterocycles. The Morgan fingerprint density at radius 3 is 2.61 bits per heavy atom. The van der Waals surface area contributed by atoms with Crippen molar-refractivity contribution in [2.75, 3.05) is 18.0 Å². The Hall–Kier alpha value is -1.11. The molecule has 0 amide bonds. The van der Waals surface area contributed by atoms with E-state index in [0.29, 0.717) is 6.54 Å². The van der Waals surface area contributed by atoms with Gasteiger partial charge in [0, 0.05) is 18.8 Å². The molecular weight excluding hydrogens is 254 g/mol. The molecule has 0 spiro atoms. The van der Waals surface area contributed by atoms with Crippen LogP contribution in [0.5, 0.6) is 0 Å². The summed E-state index contributed by atoms with van der Waals surface area (Å²) in [4.78, 5) is 1.99. The Morgan fingerprint density at radius 1 is 1.44 bits per heavy atom. The second-order valence-corrected chi connectivity index (χ2v) is 5.26. The summed E-state index contributed by atoms with van der Waals surface area (Å²) in [7, 11) is -4.39. The third kappa shape index (κ3) is 5.03. The minimum atomic E-state index is -4.39. The molecule has 0 aliphatic rings. The van der Waals surface area contributed by atoms with Crippen LogP contribution in [0.4, 0.5) is 5.69 Å². The van der Waals surface area contributed by atoms with Gasteiger partial charge in [-0.3, -0.25) is 4.55 Å². The number of benzene rings is 1. The first-order chi connectivity index (χ1) is 8.31. The second-order valence-electron chi connectivity index (χ2n) is 4.21. The largest absolute Gasteiger partial charge is 0.397 e. The molecule has 0 heterocycles. The maximum absolute atomic E-state index is 10.6. The van der Waals surface area contributed by atoms with E-state index >= 15 is 0 Å². The van der Waals surface area contributed by atoms with Crippen molar-refractivity contribution in [3.63, 3.8) is 0 Å². The highest BCUT2D eigenvalue weighted by atomic mass is 32.3. The van der Waals surface area contributed by atoms with Crippen LogP contribution in [0.1, 0.15) is 19.4 Å². The van der Waals surface area contributed by atoms with E-state index in [0.717, 1.165) is 17.8 Å². The van der Waals surface area contributed by atoms with Crippen molar-refractivity contribution in [2.45, 2.75) is 26.9 Å². The number of rotatable bonds is 6. The highest BCUT2D eigenvalue weighted by Crippen LogP contribution is 2.16. The van der Waals surface area contributed by atoms with Crippen LogP contribution in [0.15, 0.2) is 24.3 Å². The van der Waals surface area contributed by atoms with Crippen molar-refractivity contribution >= 4 is 16.1 Å². The molecule has 0 saturated heterocycles. The fraction of sp³-hybridized carbons (Fsp3) is 0.500. The third-order valence-electron chi connectivity index (χ3n) is 2.51. The van der Waals surface area contributed by atoms with Gasteiger partial charge in [-0.15, -0.1) is 0 Å². The maximum atomic E-state index is 10.6. The molecule has 1 atom stereocenters. The van der Waals surface area contributed by atoms with E-state index in [4.69, 9.17) is 4.55 Å². The van der Waals surface area contributed by atoms with Crippen molar-refractivity contribution in [1.29, 1.82) is 0 Å². The summed E-state index contributed by atoms with van der Waals surface area (Å²) in [5, 5.41) is 0. The molecule has 1 aromatic rings. The van der Waals surface area contributed by atoms with E-state index in [1.807, 2.05) is 43.0 Å². The van der Waals surface area contributed by atoms with Gasteiger partial charge in [-0.05, 0) is 38.5 Å². The molecule has 5 nitrogen and oxygen atoms in total. The Morgan fingerprint density at radius 2 is 2.11 bits per heavy atom. The maximum Gasteiger partial charge on any atom is 0.397 e. The van der Waals surface area contributed by atoms with Crippen molar-refractivity contribution in [3.8, 4) is 0 Å². The molecule has 0 fully saturated rings. The van der Waals surface area contributed by atoms with Gasteiger partial charge in [0.05, 0.1) is 6.10 Å². The van der Waals surface area contributed by atoms with Crippen LogP contribution in [-0.2, 0) is 14.6 Å². The lowest BCUT2D eigenvalue weighted by Crippen LogP contribution is -2.33. The lowest BCUT2D eigenvalue weighted by Gasteiger charge is -2.26. The number of aryl methyl sites for hydroxylation is 1.